The molecule has 8 nitrogen and oxygen atoms in total. The minimum absolute atomic E-state index is 1.21. The first-order valence-corrected chi connectivity index (χ1v) is 19.7. The van der Waals surface area contributed by atoms with E-state index >= 15 is 35.1 Å². The van der Waals surface area contributed by atoms with Gasteiger partial charge in [0.15, 0.2) is 23.3 Å². The number of rotatable bonds is 0. The fraction of sp³-hybridized carbons (Fsp3) is 0.200. The summed E-state index contributed by atoms with van der Waals surface area (Å²) in [5.41, 5.74) is -50.4. The Hall–Kier alpha value is -8.00. The van der Waals surface area contributed by atoms with Crippen LogP contribution in [0.2, 0.25) is 0 Å². The summed E-state index contributed by atoms with van der Waals surface area (Å²) in [5.74, 6) is -38.2. The Bertz CT molecular complexity index is 3570. The second kappa shape index (κ2) is 16.8. The highest BCUT2D eigenvalue weighted by atomic mass is 19.4. The van der Waals surface area contributed by atoms with Crippen molar-refractivity contribution < 1.29 is 140 Å². The molecule has 4 aromatic carbocycles. The second-order valence-corrected chi connectivity index (χ2v) is 16.1. The topological polar surface area (TPSA) is 109 Å². The summed E-state index contributed by atoms with van der Waals surface area (Å²) >= 11 is 0. The van der Waals surface area contributed by atoms with E-state index in [1.54, 1.807) is 0 Å². The van der Waals surface area contributed by atoms with Gasteiger partial charge in [0.1, 0.15) is 114 Å². The van der Waals surface area contributed by atoms with E-state index in [1.165, 1.54) is 9.97 Å². The van der Waals surface area contributed by atoms with Crippen LogP contribution in [0, 0.1) is 46.5 Å². The lowest BCUT2D eigenvalue weighted by molar-refractivity contribution is -0.165. The van der Waals surface area contributed by atoms with Crippen molar-refractivity contribution in [2.24, 2.45) is 0 Å². The molecular formula is C40H2F32N8. The third-order valence-corrected chi connectivity index (χ3v) is 11.4. The van der Waals surface area contributed by atoms with E-state index in [1.807, 2.05) is 0 Å². The van der Waals surface area contributed by atoms with Crippen LogP contribution in [0.15, 0.2) is 0 Å². The molecule has 8 bridgehead atoms. The molecule has 80 heavy (non-hydrogen) atoms. The van der Waals surface area contributed by atoms with E-state index in [0.29, 0.717) is 0 Å². The first kappa shape index (κ1) is 56.7. The molecular weight excluding hydrogens is 1200 g/mol. The van der Waals surface area contributed by atoms with Gasteiger partial charge in [0.05, 0.1) is 43.8 Å². The van der Waals surface area contributed by atoms with Crippen LogP contribution in [0.3, 0.4) is 0 Å². The van der Waals surface area contributed by atoms with E-state index < -0.39 is 230 Å². The van der Waals surface area contributed by atoms with Crippen LogP contribution in [-0.2, 0) is 49.4 Å². The van der Waals surface area contributed by atoms with Crippen LogP contribution >= 0.6 is 0 Å². The van der Waals surface area contributed by atoms with Gasteiger partial charge in [-0.3, -0.25) is 0 Å². The van der Waals surface area contributed by atoms with Crippen molar-refractivity contribution in [3.8, 4) is 45.6 Å². The molecule has 2 N–H and O–H groups in total. The van der Waals surface area contributed by atoms with Crippen LogP contribution in [0.25, 0.3) is 89.7 Å². The maximum atomic E-state index is 16.4. The monoisotopic (exact) mass is 1200 g/mol. The molecule has 2 aliphatic rings. The molecule has 3 aromatic heterocycles. The first-order valence-electron chi connectivity index (χ1n) is 19.7. The fourth-order valence-electron chi connectivity index (χ4n) is 8.60. The van der Waals surface area contributed by atoms with E-state index in [0.717, 1.165) is 0 Å². The predicted octanol–water partition coefficient (Wildman–Crippen LogP) is 16.1. The smallest absolute Gasteiger partial charge is 0.324 e. The van der Waals surface area contributed by atoms with E-state index in [4.69, 9.17) is 0 Å². The van der Waals surface area contributed by atoms with Crippen molar-refractivity contribution in [3.05, 3.63) is 91.0 Å². The maximum Gasteiger partial charge on any atom is 0.419 e. The van der Waals surface area contributed by atoms with Crippen LogP contribution in [0.1, 0.15) is 44.5 Å². The number of H-pyrrole nitrogens is 2. The van der Waals surface area contributed by atoms with E-state index in [2.05, 4.69) is 29.9 Å². The van der Waals surface area contributed by atoms with Crippen molar-refractivity contribution in [2.75, 3.05) is 0 Å². The maximum absolute atomic E-state index is 16.4. The minimum Gasteiger partial charge on any atom is -0.324 e. The quantitative estimate of drug-likeness (QED) is 0.146. The molecule has 2 aliphatic heterocycles. The Balaban J connectivity index is 1.70. The summed E-state index contributed by atoms with van der Waals surface area (Å²) < 4.78 is 476. The lowest BCUT2D eigenvalue weighted by Gasteiger charge is -2.19. The molecule has 5 heterocycles. The highest BCUT2D eigenvalue weighted by Gasteiger charge is 2.55. The normalized spacial score (nSPS) is 14.0. The molecule has 0 unspecified atom stereocenters. The molecule has 7 aromatic rings. The third-order valence-electron chi connectivity index (χ3n) is 11.4. The average Bonchev–Trinajstić information content (AvgIpc) is 4.01. The number of benzene rings is 4. The van der Waals surface area contributed by atoms with Gasteiger partial charge in [0.25, 0.3) is 0 Å². The molecule has 0 atom stereocenters. The van der Waals surface area contributed by atoms with Crippen LogP contribution in [0.4, 0.5) is 140 Å². The first-order chi connectivity index (χ1) is 36.1. The van der Waals surface area contributed by atoms with Gasteiger partial charge in [-0.15, -0.1) is 0 Å². The molecule has 0 amide bonds. The minimum atomic E-state index is -6.84. The summed E-state index contributed by atoms with van der Waals surface area (Å²) in [4.78, 5) is 20.2. The Kier molecular flexibility index (Phi) is 11.9. The Morgan fingerprint density at radius 1 is 0.200 bits per heavy atom. The zero-order valence-electron chi connectivity index (χ0n) is 35.8. The number of nitrogens with one attached hydrogen (secondary N) is 2. The summed E-state index contributed by atoms with van der Waals surface area (Å²) in [6.45, 7) is 0. The van der Waals surface area contributed by atoms with Crippen molar-refractivity contribution >= 4 is 44.1 Å². The molecule has 0 radical (unpaired) electrons. The summed E-state index contributed by atoms with van der Waals surface area (Å²) in [6.07, 6.45) is -54.7. The van der Waals surface area contributed by atoms with Crippen LogP contribution in [-0.4, -0.2) is 39.9 Å². The van der Waals surface area contributed by atoms with Crippen molar-refractivity contribution in [1.82, 2.24) is 39.9 Å². The van der Waals surface area contributed by atoms with Crippen LogP contribution in [0.5, 0.6) is 0 Å². The molecule has 0 spiro atoms. The van der Waals surface area contributed by atoms with Gasteiger partial charge in [-0.2, -0.15) is 105 Å². The van der Waals surface area contributed by atoms with Gasteiger partial charge >= 0.3 is 49.4 Å². The highest BCUT2D eigenvalue weighted by Crippen LogP contribution is 2.55. The Morgan fingerprint density at radius 3 is 0.475 bits per heavy atom. The molecule has 9 rings (SSSR count). The standard InChI is InChI=1S/C40H2F32N8/c41-17-1-2(18(42)10(34(52,53)54)9(17)33(49,50)51)26-73-25(1)77-27-3-4(20(44)12(36(58,59)60)11(19(3)43)35(55,56)57)29(74-27)79-31-7-8(24(48)16(40(70,71)72)15(23(7)47)39(67,68)69)32(76-31)80-30-6-5(28(75-30)78-26)21(45)13(37(61,62)63)14(22(6)46)38(64,65)66/h(H2,73,74,75,76,77,78,79,80). The summed E-state index contributed by atoms with van der Waals surface area (Å²) in [6, 6.07) is 0. The number of aromatic nitrogens is 8. The number of hydrogen-bond acceptors (Lipinski definition) is 6. The molecule has 0 saturated heterocycles. The van der Waals surface area contributed by atoms with Gasteiger partial charge < -0.3 is 9.97 Å². The number of nitrogens with zero attached hydrogens (tertiary/aromatic N) is 6. The number of fused-ring (bicyclic) bond motifs is 20. The molecule has 0 aliphatic carbocycles. The lowest BCUT2D eigenvalue weighted by atomic mass is 9.95. The third kappa shape index (κ3) is 8.33. The summed E-state index contributed by atoms with van der Waals surface area (Å²) in [5, 5.41) is -10.4. The van der Waals surface area contributed by atoms with E-state index in [9.17, 15) is 105 Å². The number of aromatic amines is 2. The van der Waals surface area contributed by atoms with Gasteiger partial charge in [-0.05, 0) is 0 Å². The lowest BCUT2D eigenvalue weighted by Crippen LogP contribution is -2.22. The van der Waals surface area contributed by atoms with Gasteiger partial charge in [-0.25, -0.2) is 65.0 Å². The predicted molar refractivity (Wildman–Crippen MR) is 196 cm³/mol. The Labute approximate surface area is 410 Å². The van der Waals surface area contributed by atoms with E-state index in [-0.39, 0.29) is 0 Å². The summed E-state index contributed by atoms with van der Waals surface area (Å²) in [7, 11) is 0. The SMILES string of the molecule is Fc1c2c(c(F)c(C(F)(F)F)c1C(F)(F)F)-c1nc-2nc2[nH]c(nc3nc(nc4[nH]c(n1)c1c(F)c(C(F)(F)F)c(C(F)(F)F)c(F)c41)-c1c(F)c(C(F)(F)F)c(C(F)(F)F)c(F)c1-3)c1c(F)c(C(F)(F)F)c(C(F)(F)F)c(F)c21. The molecule has 40 heteroatoms. The van der Waals surface area contributed by atoms with Crippen molar-refractivity contribution in [3.63, 3.8) is 0 Å². The fourth-order valence-corrected chi connectivity index (χ4v) is 8.60. The van der Waals surface area contributed by atoms with Gasteiger partial charge in [0, 0.05) is 0 Å². The number of halogens is 32. The number of hydrogen-bond donors (Lipinski definition) is 2. The van der Waals surface area contributed by atoms with Crippen molar-refractivity contribution in [2.45, 2.75) is 49.4 Å². The molecule has 0 saturated carbocycles. The average molecular weight is 1200 g/mol. The second-order valence-electron chi connectivity index (χ2n) is 16.1. The van der Waals surface area contributed by atoms with Crippen molar-refractivity contribution in [1.29, 1.82) is 0 Å². The zero-order valence-corrected chi connectivity index (χ0v) is 35.8. The van der Waals surface area contributed by atoms with Gasteiger partial charge in [0.2, 0.25) is 0 Å². The van der Waals surface area contributed by atoms with Gasteiger partial charge in [-0.1, -0.05) is 0 Å². The molecule has 426 valence electrons. The largest absolute Gasteiger partial charge is 0.419 e. The van der Waals surface area contributed by atoms with Crippen LogP contribution < -0.4 is 0 Å². The number of alkyl halides is 24. The Morgan fingerprint density at radius 2 is 0.338 bits per heavy atom. The highest BCUT2D eigenvalue weighted by molar-refractivity contribution is 6.08. The molecule has 0 fully saturated rings. The zero-order chi connectivity index (χ0) is 60.1.